The van der Waals surface area contributed by atoms with E-state index in [9.17, 15) is 14.4 Å². The second kappa shape index (κ2) is 10.7. The van der Waals surface area contributed by atoms with E-state index in [-0.39, 0.29) is 30.7 Å². The van der Waals surface area contributed by atoms with Crippen LogP contribution in [0.25, 0.3) is 0 Å². The van der Waals surface area contributed by atoms with E-state index in [0.29, 0.717) is 19.4 Å². The molecule has 0 aromatic rings. The summed E-state index contributed by atoms with van der Waals surface area (Å²) in [5.74, 6) is 1.19. The number of fused-ring (bicyclic) bond motifs is 1. The predicted molar refractivity (Wildman–Crippen MR) is 118 cm³/mol. The topological polar surface area (TPSA) is 75.7 Å². The molecular formula is C25H34N2O4. The number of rotatable bonds is 7. The molecule has 3 rings (SSSR count). The lowest BCUT2D eigenvalue weighted by Gasteiger charge is -2.46. The Kier molecular flexibility index (Phi) is 7.95. The zero-order chi connectivity index (χ0) is 22.3. The fourth-order valence-electron chi connectivity index (χ4n) is 5.26. The van der Waals surface area contributed by atoms with Crippen molar-refractivity contribution in [2.45, 2.75) is 70.6 Å². The number of methoxy groups -OCH3 is 1. The van der Waals surface area contributed by atoms with Crippen LogP contribution in [0.3, 0.4) is 0 Å². The molecule has 6 heteroatoms. The molecule has 168 valence electrons. The monoisotopic (exact) mass is 426 g/mol. The molecule has 2 amide bonds. The van der Waals surface area contributed by atoms with Crippen LogP contribution in [0, 0.1) is 23.7 Å². The van der Waals surface area contributed by atoms with Crippen LogP contribution in [0.2, 0.25) is 0 Å². The van der Waals surface area contributed by atoms with Gasteiger partial charge in [-0.05, 0) is 57.8 Å². The molecule has 0 unspecified atom stereocenters. The lowest BCUT2D eigenvalue weighted by atomic mass is 9.69. The Morgan fingerprint density at radius 3 is 2.74 bits per heavy atom. The Bertz CT molecular complexity index is 807. The first-order valence-electron chi connectivity index (χ1n) is 11.5. The van der Waals surface area contributed by atoms with Crippen molar-refractivity contribution in [1.82, 2.24) is 10.2 Å². The minimum Gasteiger partial charge on any atom is -0.468 e. The molecule has 0 spiro atoms. The van der Waals surface area contributed by atoms with Crippen LogP contribution in [0.5, 0.6) is 0 Å². The highest BCUT2D eigenvalue weighted by molar-refractivity contribution is 5.92. The van der Waals surface area contributed by atoms with Gasteiger partial charge in [-0.3, -0.25) is 14.4 Å². The second-order valence-corrected chi connectivity index (χ2v) is 8.84. The van der Waals surface area contributed by atoms with Gasteiger partial charge in [0.2, 0.25) is 11.8 Å². The average Bonchev–Trinajstić information content (AvgIpc) is 3.01. The molecule has 31 heavy (non-hydrogen) atoms. The zero-order valence-corrected chi connectivity index (χ0v) is 18.6. The maximum atomic E-state index is 13.5. The summed E-state index contributed by atoms with van der Waals surface area (Å²) in [6.45, 7) is 0.669. The molecule has 2 atom stereocenters. The van der Waals surface area contributed by atoms with Crippen molar-refractivity contribution in [3.8, 4) is 12.3 Å². The van der Waals surface area contributed by atoms with Crippen molar-refractivity contribution in [2.24, 2.45) is 11.3 Å². The maximum absolute atomic E-state index is 13.5. The maximum Gasteiger partial charge on any atom is 0.317 e. The number of esters is 1. The number of nitrogens with zero attached hydrogens (tertiary/aromatic N) is 1. The second-order valence-electron chi connectivity index (χ2n) is 8.84. The molecule has 1 aliphatic heterocycles. The van der Waals surface area contributed by atoms with Gasteiger partial charge in [0.25, 0.3) is 0 Å². The minimum atomic E-state index is -0.864. The van der Waals surface area contributed by atoms with Gasteiger partial charge in [-0.15, -0.1) is 6.42 Å². The van der Waals surface area contributed by atoms with Gasteiger partial charge in [0, 0.05) is 24.6 Å². The quantitative estimate of drug-likeness (QED) is 0.384. The Balaban J connectivity index is 1.90. The summed E-state index contributed by atoms with van der Waals surface area (Å²) in [5.41, 5.74) is 1.31. The van der Waals surface area contributed by atoms with E-state index in [0.717, 1.165) is 44.2 Å². The van der Waals surface area contributed by atoms with Crippen molar-refractivity contribution < 1.29 is 19.1 Å². The number of allylic oxidation sites excluding steroid dienone is 2. The number of carbonyl (C=O) groups excluding carboxylic acids is 3. The fraction of sp³-hybridized carbons (Fsp3) is 0.640. The first-order valence-corrected chi connectivity index (χ1v) is 11.5. The fourth-order valence-corrected chi connectivity index (χ4v) is 5.26. The average molecular weight is 427 g/mol. The van der Waals surface area contributed by atoms with Crippen molar-refractivity contribution in [2.75, 3.05) is 20.2 Å². The van der Waals surface area contributed by atoms with Gasteiger partial charge in [0.15, 0.2) is 0 Å². The smallest absolute Gasteiger partial charge is 0.317 e. The van der Waals surface area contributed by atoms with Crippen LogP contribution in [-0.4, -0.2) is 42.9 Å². The molecule has 1 saturated heterocycles. The van der Waals surface area contributed by atoms with E-state index >= 15 is 0 Å². The minimum absolute atomic E-state index is 0.0335. The molecule has 3 aliphatic rings. The van der Waals surface area contributed by atoms with Gasteiger partial charge in [-0.1, -0.05) is 30.1 Å². The Morgan fingerprint density at radius 1 is 1.26 bits per heavy atom. The molecule has 1 heterocycles. The Hall–Kier alpha value is -2.55. The van der Waals surface area contributed by atoms with Crippen LogP contribution in [0.4, 0.5) is 0 Å². The first kappa shape index (κ1) is 23.1. The highest BCUT2D eigenvalue weighted by Gasteiger charge is 2.53. The lowest BCUT2D eigenvalue weighted by Crippen LogP contribution is -2.53. The van der Waals surface area contributed by atoms with Crippen LogP contribution in [0.1, 0.15) is 70.6 Å². The number of likely N-dealkylation sites (tertiary alicyclic amines) is 1. The summed E-state index contributed by atoms with van der Waals surface area (Å²) in [6, 6.07) is 0. The highest BCUT2D eigenvalue weighted by Crippen LogP contribution is 2.49. The van der Waals surface area contributed by atoms with E-state index in [1.807, 2.05) is 0 Å². The van der Waals surface area contributed by atoms with Crippen molar-refractivity contribution in [3.63, 3.8) is 0 Å². The van der Waals surface area contributed by atoms with Crippen LogP contribution in [-0.2, 0) is 19.1 Å². The molecule has 1 N–H and O–H groups in total. The molecule has 0 bridgehead atoms. The summed E-state index contributed by atoms with van der Waals surface area (Å²) in [6.07, 6.45) is 18.7. The lowest BCUT2D eigenvalue weighted by molar-refractivity contribution is -0.159. The van der Waals surface area contributed by atoms with E-state index < -0.39 is 11.3 Å². The molecule has 0 saturated carbocycles. The first-order chi connectivity index (χ1) is 15.0. The number of hydrogen-bond donors (Lipinski definition) is 1. The summed E-state index contributed by atoms with van der Waals surface area (Å²) in [4.78, 5) is 40.8. The van der Waals surface area contributed by atoms with E-state index in [4.69, 9.17) is 11.2 Å². The van der Waals surface area contributed by atoms with Gasteiger partial charge in [0.1, 0.15) is 5.41 Å². The summed E-state index contributed by atoms with van der Waals surface area (Å²) < 4.78 is 5.25. The molecule has 0 aromatic carbocycles. The van der Waals surface area contributed by atoms with Crippen molar-refractivity contribution >= 4 is 17.8 Å². The van der Waals surface area contributed by atoms with E-state index in [1.165, 1.54) is 25.5 Å². The third-order valence-corrected chi connectivity index (χ3v) is 6.82. The molecule has 0 radical (unpaired) electrons. The van der Waals surface area contributed by atoms with Gasteiger partial charge in [-0.25, -0.2) is 0 Å². The zero-order valence-electron chi connectivity index (χ0n) is 18.6. The molecule has 6 nitrogen and oxygen atoms in total. The van der Waals surface area contributed by atoms with Gasteiger partial charge < -0.3 is 15.0 Å². The number of carbonyl (C=O) groups is 3. The number of piperidine rings is 1. The van der Waals surface area contributed by atoms with Crippen LogP contribution in [0.15, 0.2) is 23.4 Å². The van der Waals surface area contributed by atoms with Gasteiger partial charge in [0.05, 0.1) is 13.7 Å². The van der Waals surface area contributed by atoms with Crippen molar-refractivity contribution in [1.29, 1.82) is 0 Å². The summed E-state index contributed by atoms with van der Waals surface area (Å²) in [7, 11) is 1.40. The molecular weight excluding hydrogens is 392 g/mol. The number of terminal acetylenes is 1. The standard InChI is InChI=1S/C25H34N2O4/c1-3-15-26-22(28)17-20-18-25(24(30)31-2)14-9-5-8-12-21(25)27(23(20)29)16-13-19-10-6-4-7-11-19/h1,10,12,20H,4-9,11,13-18H2,2H3,(H,26,28)/t20-,25+/m1/s1. The Morgan fingerprint density at radius 2 is 2.03 bits per heavy atom. The third-order valence-electron chi connectivity index (χ3n) is 6.82. The third kappa shape index (κ3) is 5.20. The number of nitrogens with one attached hydrogen (secondary N) is 1. The van der Waals surface area contributed by atoms with Crippen LogP contribution >= 0.6 is 0 Å². The Labute approximate surface area is 185 Å². The number of ether oxygens (including phenoxy) is 1. The molecule has 0 aromatic heterocycles. The largest absolute Gasteiger partial charge is 0.468 e. The molecule has 1 fully saturated rings. The number of amides is 2. The predicted octanol–water partition coefficient (Wildman–Crippen LogP) is 3.48. The van der Waals surface area contributed by atoms with Gasteiger partial charge >= 0.3 is 5.97 Å². The van der Waals surface area contributed by atoms with E-state index in [2.05, 4.69) is 23.4 Å². The van der Waals surface area contributed by atoms with Gasteiger partial charge in [-0.2, -0.15) is 0 Å². The van der Waals surface area contributed by atoms with Crippen molar-refractivity contribution in [3.05, 3.63) is 23.4 Å². The van der Waals surface area contributed by atoms with E-state index in [1.54, 1.807) is 4.90 Å². The normalized spacial score (nSPS) is 26.0. The highest BCUT2D eigenvalue weighted by atomic mass is 16.5. The molecule has 2 aliphatic carbocycles. The number of hydrogen-bond acceptors (Lipinski definition) is 4. The summed E-state index contributed by atoms with van der Waals surface area (Å²) >= 11 is 0. The SMILES string of the molecule is C#CCNC(=O)C[C@@H]1C[C@@]2(C(=O)OC)CCCCC=C2N(CCC2=CCCCC2)C1=O. The van der Waals surface area contributed by atoms with Crippen LogP contribution < -0.4 is 5.32 Å². The summed E-state index contributed by atoms with van der Waals surface area (Å²) in [5, 5.41) is 2.65.